The van der Waals surface area contributed by atoms with Gasteiger partial charge in [-0.15, -0.1) is 13.2 Å². The van der Waals surface area contributed by atoms with E-state index in [2.05, 4.69) is 79.9 Å². The monoisotopic (exact) mass is 272 g/mol. The molecule has 1 aliphatic rings. The molecule has 0 saturated carbocycles. The molecule has 3 rings (SSSR count). The fraction of sp³-hybridized carbons (Fsp3) is 0.143. The lowest BCUT2D eigenvalue weighted by Gasteiger charge is -2.22. The second kappa shape index (κ2) is 5.97. The lowest BCUT2D eigenvalue weighted by Crippen LogP contribution is -2.06. The molecule has 0 heterocycles. The van der Waals surface area contributed by atoms with Crippen LogP contribution in [-0.4, -0.2) is 0 Å². The summed E-state index contributed by atoms with van der Waals surface area (Å²) < 4.78 is 0. The number of hydrogen-bond donors (Lipinski definition) is 0. The summed E-state index contributed by atoms with van der Waals surface area (Å²) in [5.74, 6) is 0.686. The van der Waals surface area contributed by atoms with Gasteiger partial charge in [0.15, 0.2) is 0 Å². The normalized spacial score (nSPS) is 17.7. The first-order valence-electron chi connectivity index (χ1n) is 7.44. The van der Waals surface area contributed by atoms with Crippen LogP contribution in [0.4, 0.5) is 0 Å². The number of allylic oxidation sites excluding steroid dienone is 3. The Bertz CT molecular complexity index is 676. The van der Waals surface area contributed by atoms with Crippen LogP contribution in [0.15, 0.2) is 85.5 Å². The summed E-state index contributed by atoms with van der Waals surface area (Å²) in [6.07, 6.45) is 7.39. The quantitative estimate of drug-likeness (QED) is 0.611. The minimum Gasteiger partial charge on any atom is -0.103 e. The molecule has 0 N–H and O–H groups in total. The molecule has 2 aromatic rings. The molecule has 1 aliphatic carbocycles. The van der Waals surface area contributed by atoms with Crippen LogP contribution >= 0.6 is 0 Å². The highest BCUT2D eigenvalue weighted by Gasteiger charge is 2.28. The van der Waals surface area contributed by atoms with Crippen LogP contribution in [0.3, 0.4) is 0 Å². The summed E-state index contributed by atoms with van der Waals surface area (Å²) in [6.45, 7) is 8.01. The lowest BCUT2D eigenvalue weighted by atomic mass is 9.82. The second-order valence-corrected chi connectivity index (χ2v) is 5.47. The van der Waals surface area contributed by atoms with E-state index in [1.807, 2.05) is 6.08 Å². The molecule has 0 aromatic heterocycles. The minimum atomic E-state index is 0.267. The first-order chi connectivity index (χ1) is 10.3. The standard InChI is InChI=1S/C21H20/c1-3-10-20-19-14-9-8-13-17(19)15-21(20)18(4-2)16-11-6-5-7-12-16/h3-9,11-15,18,20H,1-2,10H2/t18-,20+/m0/s1. The van der Waals surface area contributed by atoms with Crippen LogP contribution in [-0.2, 0) is 0 Å². The maximum absolute atomic E-state index is 4.07. The molecular weight excluding hydrogens is 252 g/mol. The maximum atomic E-state index is 4.07. The summed E-state index contributed by atoms with van der Waals surface area (Å²) in [5.41, 5.74) is 5.48. The van der Waals surface area contributed by atoms with Crippen molar-refractivity contribution in [1.29, 1.82) is 0 Å². The van der Waals surface area contributed by atoms with E-state index in [-0.39, 0.29) is 5.92 Å². The molecule has 0 aliphatic heterocycles. The van der Waals surface area contributed by atoms with E-state index in [0.29, 0.717) is 5.92 Å². The van der Waals surface area contributed by atoms with Gasteiger partial charge in [-0.05, 0) is 23.1 Å². The largest absolute Gasteiger partial charge is 0.103 e. The Kier molecular flexibility index (Phi) is 3.87. The van der Waals surface area contributed by atoms with Crippen molar-refractivity contribution in [3.63, 3.8) is 0 Å². The van der Waals surface area contributed by atoms with E-state index in [4.69, 9.17) is 0 Å². The fourth-order valence-corrected chi connectivity index (χ4v) is 3.28. The molecule has 0 saturated heterocycles. The van der Waals surface area contributed by atoms with Crippen LogP contribution in [0.5, 0.6) is 0 Å². The van der Waals surface area contributed by atoms with Crippen molar-refractivity contribution in [2.45, 2.75) is 18.3 Å². The van der Waals surface area contributed by atoms with Gasteiger partial charge in [0, 0.05) is 11.8 Å². The molecule has 0 heteroatoms. The predicted octanol–water partition coefficient (Wildman–Crippen LogP) is 5.71. The minimum absolute atomic E-state index is 0.267. The van der Waals surface area contributed by atoms with Crippen molar-refractivity contribution >= 4 is 6.08 Å². The molecule has 104 valence electrons. The number of rotatable bonds is 5. The van der Waals surface area contributed by atoms with Crippen molar-refractivity contribution in [1.82, 2.24) is 0 Å². The van der Waals surface area contributed by atoms with Crippen molar-refractivity contribution in [3.05, 3.63) is 102 Å². The van der Waals surface area contributed by atoms with Gasteiger partial charge in [-0.1, -0.05) is 78.4 Å². The van der Waals surface area contributed by atoms with E-state index < -0.39 is 0 Å². The SMILES string of the molecule is C=CC[C@H]1C([C@@H](C=C)c2ccccc2)=Cc2ccccc21. The number of benzene rings is 2. The lowest BCUT2D eigenvalue weighted by molar-refractivity contribution is 0.768. The van der Waals surface area contributed by atoms with Gasteiger partial charge in [0.1, 0.15) is 0 Å². The molecular formula is C21H20. The summed E-state index contributed by atoms with van der Waals surface area (Å²) in [4.78, 5) is 0. The van der Waals surface area contributed by atoms with E-state index in [1.165, 1.54) is 22.3 Å². The smallest absolute Gasteiger partial charge is 0.0235 e. The Morgan fingerprint density at radius 2 is 1.67 bits per heavy atom. The second-order valence-electron chi connectivity index (χ2n) is 5.47. The molecule has 0 nitrogen and oxygen atoms in total. The van der Waals surface area contributed by atoms with Gasteiger partial charge in [-0.3, -0.25) is 0 Å². The van der Waals surface area contributed by atoms with Crippen molar-refractivity contribution < 1.29 is 0 Å². The molecule has 0 bridgehead atoms. The van der Waals surface area contributed by atoms with Crippen molar-refractivity contribution in [2.75, 3.05) is 0 Å². The molecule has 21 heavy (non-hydrogen) atoms. The molecule has 0 unspecified atom stereocenters. The van der Waals surface area contributed by atoms with Crippen LogP contribution in [0.1, 0.15) is 34.9 Å². The highest BCUT2D eigenvalue weighted by atomic mass is 14.3. The summed E-state index contributed by atoms with van der Waals surface area (Å²) in [7, 11) is 0. The van der Waals surface area contributed by atoms with Gasteiger partial charge in [-0.25, -0.2) is 0 Å². The number of hydrogen-bond acceptors (Lipinski definition) is 0. The van der Waals surface area contributed by atoms with Crippen LogP contribution in [0, 0.1) is 0 Å². The third-order valence-corrected chi connectivity index (χ3v) is 4.25. The van der Waals surface area contributed by atoms with Crippen molar-refractivity contribution in [3.8, 4) is 0 Å². The number of fused-ring (bicyclic) bond motifs is 1. The third kappa shape index (κ3) is 2.50. The average Bonchev–Trinajstić information content (AvgIpc) is 2.89. The zero-order chi connectivity index (χ0) is 14.7. The van der Waals surface area contributed by atoms with Gasteiger partial charge < -0.3 is 0 Å². The van der Waals surface area contributed by atoms with E-state index in [0.717, 1.165) is 6.42 Å². The summed E-state index contributed by atoms with van der Waals surface area (Å²) >= 11 is 0. The van der Waals surface area contributed by atoms with Gasteiger partial charge in [0.2, 0.25) is 0 Å². The highest BCUT2D eigenvalue weighted by molar-refractivity contribution is 5.69. The Hall–Kier alpha value is -2.34. The van der Waals surface area contributed by atoms with Gasteiger partial charge >= 0.3 is 0 Å². The third-order valence-electron chi connectivity index (χ3n) is 4.25. The highest BCUT2D eigenvalue weighted by Crippen LogP contribution is 2.45. The first kappa shape index (κ1) is 13.6. The maximum Gasteiger partial charge on any atom is 0.0235 e. The van der Waals surface area contributed by atoms with Gasteiger partial charge in [0.25, 0.3) is 0 Å². The average molecular weight is 272 g/mol. The summed E-state index contributed by atoms with van der Waals surface area (Å²) in [5, 5.41) is 0. The molecule has 0 amide bonds. The van der Waals surface area contributed by atoms with Crippen LogP contribution in [0.2, 0.25) is 0 Å². The fourth-order valence-electron chi connectivity index (χ4n) is 3.28. The van der Waals surface area contributed by atoms with E-state index in [1.54, 1.807) is 0 Å². The topological polar surface area (TPSA) is 0 Å². The Morgan fingerprint density at radius 3 is 2.38 bits per heavy atom. The molecule has 0 spiro atoms. The van der Waals surface area contributed by atoms with Crippen LogP contribution < -0.4 is 0 Å². The van der Waals surface area contributed by atoms with Crippen LogP contribution in [0.25, 0.3) is 6.08 Å². The zero-order valence-corrected chi connectivity index (χ0v) is 12.2. The Labute approximate surface area is 127 Å². The van der Waals surface area contributed by atoms with Crippen molar-refractivity contribution in [2.24, 2.45) is 0 Å². The first-order valence-corrected chi connectivity index (χ1v) is 7.44. The van der Waals surface area contributed by atoms with Gasteiger partial charge in [0.05, 0.1) is 0 Å². The zero-order valence-electron chi connectivity index (χ0n) is 12.2. The molecule has 0 fully saturated rings. The van der Waals surface area contributed by atoms with E-state index in [9.17, 15) is 0 Å². The molecule has 2 aromatic carbocycles. The Balaban J connectivity index is 2.04. The van der Waals surface area contributed by atoms with Gasteiger partial charge in [-0.2, -0.15) is 0 Å². The molecule has 0 radical (unpaired) electrons. The Morgan fingerprint density at radius 1 is 0.952 bits per heavy atom. The van der Waals surface area contributed by atoms with E-state index >= 15 is 0 Å². The predicted molar refractivity (Wildman–Crippen MR) is 91.4 cm³/mol. The molecule has 2 atom stereocenters. The summed E-state index contributed by atoms with van der Waals surface area (Å²) in [6, 6.07) is 19.3.